The fourth-order valence-electron chi connectivity index (χ4n) is 4.76. The van der Waals surface area contributed by atoms with Crippen LogP contribution in [-0.4, -0.2) is 46.5 Å². The Morgan fingerprint density at radius 2 is 1.94 bits per heavy atom. The highest BCUT2D eigenvalue weighted by atomic mass is 16.3. The molecular weight excluding hydrogens is 410 g/mol. The van der Waals surface area contributed by atoms with E-state index in [2.05, 4.69) is 15.0 Å². The lowest BCUT2D eigenvalue weighted by Crippen LogP contribution is -2.29. The van der Waals surface area contributed by atoms with E-state index in [1.807, 2.05) is 29.0 Å². The molecule has 4 atom stereocenters. The molecule has 0 saturated heterocycles. The third-order valence-corrected chi connectivity index (χ3v) is 6.65. The van der Waals surface area contributed by atoms with Crippen LogP contribution >= 0.6 is 0 Å². The van der Waals surface area contributed by atoms with Crippen LogP contribution in [0.3, 0.4) is 0 Å². The fraction of sp³-hybridized carbons (Fsp3) is 0.364. The number of benzene rings is 1. The average molecular weight is 435 g/mol. The molecule has 0 aliphatic heterocycles. The van der Waals surface area contributed by atoms with Gasteiger partial charge in [0.15, 0.2) is 0 Å². The van der Waals surface area contributed by atoms with E-state index >= 15 is 0 Å². The van der Waals surface area contributed by atoms with Gasteiger partial charge in [0, 0.05) is 13.2 Å². The first-order valence-corrected chi connectivity index (χ1v) is 10.5. The highest BCUT2D eigenvalue weighted by Crippen LogP contribution is 2.39. The molecule has 3 aromatic heterocycles. The van der Waals surface area contributed by atoms with Crippen molar-refractivity contribution < 1.29 is 10.2 Å². The van der Waals surface area contributed by atoms with Crippen LogP contribution < -0.4 is 17.0 Å². The molecule has 1 aliphatic rings. The van der Waals surface area contributed by atoms with Crippen molar-refractivity contribution in [2.45, 2.75) is 37.5 Å². The van der Waals surface area contributed by atoms with E-state index in [-0.39, 0.29) is 23.5 Å². The summed E-state index contributed by atoms with van der Waals surface area (Å²) in [7, 11) is 1.59. The second kappa shape index (κ2) is 7.57. The molecule has 3 heterocycles. The third kappa shape index (κ3) is 3.19. The van der Waals surface area contributed by atoms with Crippen molar-refractivity contribution in [1.82, 2.24) is 24.1 Å². The van der Waals surface area contributed by atoms with Gasteiger partial charge in [-0.05, 0) is 48.9 Å². The van der Waals surface area contributed by atoms with Crippen molar-refractivity contribution in [3.63, 3.8) is 0 Å². The molecule has 6 N–H and O–H groups in total. The Hall–Kier alpha value is -3.50. The van der Waals surface area contributed by atoms with Crippen LogP contribution in [0, 0.1) is 5.92 Å². The van der Waals surface area contributed by atoms with Gasteiger partial charge in [-0.15, -0.1) is 0 Å². The molecule has 32 heavy (non-hydrogen) atoms. The number of aryl methyl sites for hydroxylation is 1. The van der Waals surface area contributed by atoms with Gasteiger partial charge < -0.3 is 26.2 Å². The number of anilines is 2. The van der Waals surface area contributed by atoms with E-state index in [0.717, 1.165) is 10.9 Å². The first-order valence-electron chi connectivity index (χ1n) is 10.5. The molecule has 1 aromatic carbocycles. The highest BCUT2D eigenvalue weighted by molar-refractivity contribution is 5.86. The van der Waals surface area contributed by atoms with Crippen molar-refractivity contribution in [3.05, 3.63) is 52.7 Å². The molecule has 0 amide bonds. The van der Waals surface area contributed by atoms with Gasteiger partial charge in [-0.25, -0.2) is 15.0 Å². The molecule has 1 saturated carbocycles. The number of aromatic nitrogens is 5. The van der Waals surface area contributed by atoms with Crippen LogP contribution in [-0.2, 0) is 13.5 Å². The topological polar surface area (TPSA) is 158 Å². The van der Waals surface area contributed by atoms with E-state index in [0.29, 0.717) is 41.6 Å². The second-order valence-corrected chi connectivity index (χ2v) is 8.49. The maximum atomic E-state index is 12.3. The van der Waals surface area contributed by atoms with Crippen molar-refractivity contribution >= 4 is 33.7 Å². The summed E-state index contributed by atoms with van der Waals surface area (Å²) in [5, 5.41) is 22.7. The Morgan fingerprint density at radius 3 is 2.75 bits per heavy atom. The zero-order chi connectivity index (χ0) is 22.6. The molecular formula is C22H25N7O3. The maximum Gasteiger partial charge on any atom is 0.262 e. The number of rotatable bonds is 4. The summed E-state index contributed by atoms with van der Waals surface area (Å²) in [5.41, 5.74) is 13.8. The van der Waals surface area contributed by atoms with E-state index in [1.54, 1.807) is 13.1 Å². The Balaban J connectivity index is 1.35. The normalized spacial score (nSPS) is 23.3. The lowest BCUT2D eigenvalue weighted by molar-refractivity contribution is 0.00545. The number of hydrogen-bond donors (Lipinski definition) is 4. The van der Waals surface area contributed by atoms with Gasteiger partial charge in [-0.2, -0.15) is 0 Å². The second-order valence-electron chi connectivity index (χ2n) is 8.49. The Morgan fingerprint density at radius 1 is 1.12 bits per heavy atom. The van der Waals surface area contributed by atoms with E-state index in [9.17, 15) is 15.0 Å². The minimum absolute atomic E-state index is 0.0935. The summed E-state index contributed by atoms with van der Waals surface area (Å²) in [4.78, 5) is 25.0. The molecule has 0 bridgehead atoms. The molecule has 10 nitrogen and oxygen atoms in total. The summed E-state index contributed by atoms with van der Waals surface area (Å²) < 4.78 is 3.20. The zero-order valence-electron chi connectivity index (χ0n) is 17.6. The molecule has 5 rings (SSSR count). The number of aliphatic hydroxyl groups is 2. The van der Waals surface area contributed by atoms with Gasteiger partial charge in [0.2, 0.25) is 5.95 Å². The number of fused-ring (bicyclic) bond motifs is 2. The molecule has 1 aliphatic carbocycles. The summed E-state index contributed by atoms with van der Waals surface area (Å²) in [6.45, 7) is 0. The van der Waals surface area contributed by atoms with Gasteiger partial charge >= 0.3 is 0 Å². The molecule has 0 spiro atoms. The van der Waals surface area contributed by atoms with Gasteiger partial charge in [-0.3, -0.25) is 9.36 Å². The Labute approximate surface area is 183 Å². The fourth-order valence-corrected chi connectivity index (χ4v) is 4.76. The minimum atomic E-state index is -0.909. The van der Waals surface area contributed by atoms with Crippen LogP contribution in [0.5, 0.6) is 0 Å². The number of nitrogens with zero attached hydrogens (tertiary/aromatic N) is 5. The quantitative estimate of drug-likeness (QED) is 0.366. The van der Waals surface area contributed by atoms with Crippen molar-refractivity contribution in [2.75, 3.05) is 11.5 Å². The van der Waals surface area contributed by atoms with Crippen molar-refractivity contribution in [3.8, 4) is 0 Å². The zero-order valence-corrected chi connectivity index (χ0v) is 17.6. The van der Waals surface area contributed by atoms with Crippen LogP contribution in [0.25, 0.3) is 21.9 Å². The molecule has 0 radical (unpaired) electrons. The summed E-state index contributed by atoms with van der Waals surface area (Å²) >= 11 is 0. The van der Waals surface area contributed by atoms with E-state index in [4.69, 9.17) is 11.5 Å². The predicted octanol–water partition coefficient (Wildman–Crippen LogP) is 0.758. The lowest BCUT2D eigenvalue weighted by atomic mass is 9.95. The monoisotopic (exact) mass is 435 g/mol. The Kier molecular flexibility index (Phi) is 4.83. The Bertz CT molecular complexity index is 1380. The largest absolute Gasteiger partial charge is 0.390 e. The van der Waals surface area contributed by atoms with Crippen LogP contribution in [0.1, 0.15) is 24.4 Å². The predicted molar refractivity (Wildman–Crippen MR) is 121 cm³/mol. The molecule has 4 aromatic rings. The number of hydrogen-bond acceptors (Lipinski definition) is 8. The van der Waals surface area contributed by atoms with Crippen molar-refractivity contribution in [1.29, 1.82) is 0 Å². The van der Waals surface area contributed by atoms with Crippen LogP contribution in [0.15, 0.2) is 41.6 Å². The van der Waals surface area contributed by atoms with Crippen molar-refractivity contribution in [2.24, 2.45) is 13.0 Å². The first kappa shape index (κ1) is 20.4. The van der Waals surface area contributed by atoms with Gasteiger partial charge in [0.1, 0.15) is 23.9 Å². The minimum Gasteiger partial charge on any atom is -0.390 e. The molecule has 166 valence electrons. The van der Waals surface area contributed by atoms with Crippen LogP contribution in [0.4, 0.5) is 11.8 Å². The third-order valence-electron chi connectivity index (χ3n) is 6.65. The standard InChI is InChI=1S/C22H25N7O3/c1-28-21(32)13-5-3-11(8-15(13)27-22(28)24)2-4-12-9-16(18(31)17(12)30)29-7-6-14-19(23)25-10-26-20(14)29/h3,5-8,10,12,16-18,30-31H,2,4,9H2,1H3,(H2,24,27)(H2,23,25,26)/t12-,16+,17+,18-/m0/s1. The molecule has 1 fully saturated rings. The summed E-state index contributed by atoms with van der Waals surface area (Å²) in [6, 6.07) is 7.05. The van der Waals surface area contributed by atoms with Gasteiger partial charge in [0.25, 0.3) is 5.56 Å². The summed E-state index contributed by atoms with van der Waals surface area (Å²) in [6.07, 6.45) is 3.43. The SMILES string of the molecule is Cn1c(N)nc2cc(CC[C@H]3C[C@@H](n4ccc5c(N)ncnc54)[C@H](O)[C@@H]3O)ccc2c1=O. The molecule has 0 unspecified atom stereocenters. The van der Waals surface area contributed by atoms with E-state index < -0.39 is 12.2 Å². The summed E-state index contributed by atoms with van der Waals surface area (Å²) in [5.74, 6) is 0.461. The van der Waals surface area contributed by atoms with Gasteiger partial charge in [0.05, 0.1) is 28.4 Å². The lowest BCUT2D eigenvalue weighted by Gasteiger charge is -2.19. The number of aliphatic hydroxyl groups excluding tert-OH is 2. The van der Waals surface area contributed by atoms with E-state index in [1.165, 1.54) is 10.9 Å². The average Bonchev–Trinajstić information content (AvgIpc) is 3.33. The highest BCUT2D eigenvalue weighted by Gasteiger charge is 2.42. The maximum absolute atomic E-state index is 12.3. The molecule has 10 heteroatoms. The smallest absolute Gasteiger partial charge is 0.262 e. The number of nitrogen functional groups attached to an aromatic ring is 2. The van der Waals surface area contributed by atoms with Gasteiger partial charge in [-0.1, -0.05) is 6.07 Å². The van der Waals surface area contributed by atoms with Crippen LogP contribution in [0.2, 0.25) is 0 Å². The first-order chi connectivity index (χ1) is 15.3. The number of nitrogens with two attached hydrogens (primary N) is 2.